The Balaban J connectivity index is 1.36. The van der Waals surface area contributed by atoms with Crippen LogP contribution in [-0.4, -0.2) is 45.9 Å². The normalized spacial score (nSPS) is 25.1. The van der Waals surface area contributed by atoms with Crippen LogP contribution in [0.15, 0.2) is 36.7 Å². The molecule has 0 spiro atoms. The van der Waals surface area contributed by atoms with Crippen molar-refractivity contribution in [3.05, 3.63) is 36.7 Å². The predicted octanol–water partition coefficient (Wildman–Crippen LogP) is 2.50. The van der Waals surface area contributed by atoms with E-state index in [1.54, 1.807) is 12.4 Å². The molecule has 2 fully saturated rings. The molecule has 3 aromatic heterocycles. The summed E-state index contributed by atoms with van der Waals surface area (Å²) in [7, 11) is 2.11. The number of anilines is 1. The lowest BCUT2D eigenvalue weighted by atomic mass is 10.2. The van der Waals surface area contributed by atoms with Crippen LogP contribution in [0.2, 0.25) is 0 Å². The molecular formula is C18H17N5OS. The molecule has 1 aliphatic carbocycles. The van der Waals surface area contributed by atoms with Crippen molar-refractivity contribution in [1.82, 2.24) is 19.9 Å². The molecule has 0 aromatic carbocycles. The van der Waals surface area contributed by atoms with Crippen LogP contribution in [0, 0.1) is 17.8 Å². The molecule has 5 rings (SSSR count). The largest absolute Gasteiger partial charge is 0.306 e. The number of thiazole rings is 1. The van der Waals surface area contributed by atoms with Gasteiger partial charge in [-0.15, -0.1) is 0 Å². The van der Waals surface area contributed by atoms with Crippen molar-refractivity contribution in [2.75, 3.05) is 25.5 Å². The van der Waals surface area contributed by atoms with Crippen molar-refractivity contribution in [2.24, 2.45) is 17.8 Å². The van der Waals surface area contributed by atoms with Crippen molar-refractivity contribution in [1.29, 1.82) is 0 Å². The first kappa shape index (κ1) is 14.9. The predicted molar refractivity (Wildman–Crippen MR) is 97.2 cm³/mol. The number of likely N-dealkylation sites (tertiary alicyclic amines) is 1. The van der Waals surface area contributed by atoms with Crippen LogP contribution in [0.1, 0.15) is 0 Å². The molecule has 7 heteroatoms. The number of piperidine rings is 1. The molecule has 3 atom stereocenters. The topological polar surface area (TPSA) is 71.0 Å². The summed E-state index contributed by atoms with van der Waals surface area (Å²) in [4.78, 5) is 28.9. The van der Waals surface area contributed by atoms with Gasteiger partial charge in [-0.2, -0.15) is 0 Å². The van der Waals surface area contributed by atoms with Crippen molar-refractivity contribution in [3.8, 4) is 11.3 Å². The van der Waals surface area contributed by atoms with Crippen LogP contribution in [-0.2, 0) is 4.79 Å². The number of carbonyl (C=O) groups is 1. The van der Waals surface area contributed by atoms with E-state index < -0.39 is 0 Å². The third kappa shape index (κ3) is 2.60. The summed E-state index contributed by atoms with van der Waals surface area (Å²) in [6.45, 7) is 2.05. The van der Waals surface area contributed by atoms with Crippen LogP contribution < -0.4 is 5.32 Å². The lowest BCUT2D eigenvalue weighted by molar-refractivity contribution is -0.118. The van der Waals surface area contributed by atoms with Gasteiger partial charge in [-0.25, -0.2) is 9.97 Å². The Morgan fingerprint density at radius 1 is 1.24 bits per heavy atom. The van der Waals surface area contributed by atoms with E-state index in [1.165, 1.54) is 11.3 Å². The lowest BCUT2D eigenvalue weighted by Crippen LogP contribution is -2.25. The molecule has 1 aliphatic heterocycles. The minimum Gasteiger partial charge on any atom is -0.306 e. The third-order valence-electron chi connectivity index (χ3n) is 5.12. The standard InChI is InChI=1S/C18H17N5OS/c1-23-8-11-12(9-23)15(11)16(24)22-18-21-14-5-4-13(20-17(14)25-18)10-3-2-6-19-7-10/h2-7,11-12,15H,8-9H2,1H3,(H,21,22,24)/t11-,12+,15?. The summed E-state index contributed by atoms with van der Waals surface area (Å²) >= 11 is 1.42. The Morgan fingerprint density at radius 3 is 2.84 bits per heavy atom. The van der Waals surface area contributed by atoms with Gasteiger partial charge in [-0.1, -0.05) is 11.3 Å². The minimum absolute atomic E-state index is 0.106. The second-order valence-electron chi connectivity index (χ2n) is 6.85. The van der Waals surface area contributed by atoms with Crippen molar-refractivity contribution >= 4 is 32.7 Å². The molecule has 1 N–H and O–H groups in total. The van der Waals surface area contributed by atoms with Crippen LogP contribution in [0.5, 0.6) is 0 Å². The van der Waals surface area contributed by atoms with Gasteiger partial charge in [0.2, 0.25) is 5.91 Å². The van der Waals surface area contributed by atoms with E-state index in [0.717, 1.165) is 34.7 Å². The van der Waals surface area contributed by atoms with Gasteiger partial charge in [0.1, 0.15) is 10.3 Å². The maximum atomic E-state index is 12.5. The van der Waals surface area contributed by atoms with Gasteiger partial charge < -0.3 is 10.2 Å². The van der Waals surface area contributed by atoms with Crippen molar-refractivity contribution in [3.63, 3.8) is 0 Å². The highest BCUT2D eigenvalue weighted by molar-refractivity contribution is 7.22. The smallest absolute Gasteiger partial charge is 0.229 e. The van der Waals surface area contributed by atoms with Crippen molar-refractivity contribution in [2.45, 2.75) is 0 Å². The van der Waals surface area contributed by atoms with Crippen LogP contribution >= 0.6 is 11.3 Å². The molecule has 126 valence electrons. The Morgan fingerprint density at radius 2 is 2.08 bits per heavy atom. The monoisotopic (exact) mass is 351 g/mol. The highest BCUT2D eigenvalue weighted by atomic mass is 32.1. The van der Waals surface area contributed by atoms with Crippen LogP contribution in [0.4, 0.5) is 5.13 Å². The Bertz CT molecular complexity index is 945. The average molecular weight is 351 g/mol. The molecule has 6 nitrogen and oxygen atoms in total. The zero-order valence-corrected chi connectivity index (χ0v) is 14.5. The maximum Gasteiger partial charge on any atom is 0.229 e. The summed E-state index contributed by atoms with van der Waals surface area (Å²) in [6, 6.07) is 7.75. The summed E-state index contributed by atoms with van der Waals surface area (Å²) in [5.41, 5.74) is 2.64. The highest BCUT2D eigenvalue weighted by Crippen LogP contribution is 2.51. The first-order valence-corrected chi connectivity index (χ1v) is 9.18. The van der Waals surface area contributed by atoms with E-state index in [-0.39, 0.29) is 11.8 Å². The number of fused-ring (bicyclic) bond motifs is 2. The number of rotatable bonds is 3. The van der Waals surface area contributed by atoms with E-state index in [4.69, 9.17) is 0 Å². The quantitative estimate of drug-likeness (QED) is 0.785. The zero-order valence-electron chi connectivity index (χ0n) is 13.7. The fraction of sp³-hybridized carbons (Fsp3) is 0.333. The Hall–Kier alpha value is -2.38. The van der Waals surface area contributed by atoms with E-state index in [1.807, 2.05) is 24.3 Å². The fourth-order valence-electron chi connectivity index (χ4n) is 3.86. The molecule has 25 heavy (non-hydrogen) atoms. The molecular weight excluding hydrogens is 334 g/mol. The van der Waals surface area contributed by atoms with Gasteiger partial charge in [0.05, 0.1) is 5.69 Å². The first-order chi connectivity index (χ1) is 12.2. The van der Waals surface area contributed by atoms with Gasteiger partial charge in [0, 0.05) is 37.0 Å². The number of aromatic nitrogens is 3. The van der Waals surface area contributed by atoms with E-state index in [2.05, 4.69) is 32.2 Å². The molecule has 1 saturated heterocycles. The number of nitrogens with one attached hydrogen (secondary N) is 1. The lowest BCUT2D eigenvalue weighted by Gasteiger charge is -2.12. The second kappa shape index (κ2) is 5.57. The number of hydrogen-bond acceptors (Lipinski definition) is 6. The first-order valence-electron chi connectivity index (χ1n) is 8.36. The molecule has 4 heterocycles. The van der Waals surface area contributed by atoms with Gasteiger partial charge in [-0.05, 0) is 43.1 Å². The van der Waals surface area contributed by atoms with Gasteiger partial charge in [0.25, 0.3) is 0 Å². The molecule has 3 aromatic rings. The summed E-state index contributed by atoms with van der Waals surface area (Å²) < 4.78 is 0. The second-order valence-corrected chi connectivity index (χ2v) is 7.82. The van der Waals surface area contributed by atoms with E-state index in [0.29, 0.717) is 17.0 Å². The Labute approximate surface area is 148 Å². The molecule has 0 radical (unpaired) electrons. The zero-order chi connectivity index (χ0) is 17.0. The summed E-state index contributed by atoms with van der Waals surface area (Å²) in [5.74, 6) is 1.31. The van der Waals surface area contributed by atoms with Crippen LogP contribution in [0.3, 0.4) is 0 Å². The molecule has 2 aliphatic rings. The average Bonchev–Trinajstić information content (AvgIpc) is 2.95. The molecule has 1 amide bonds. The number of hydrogen-bond donors (Lipinski definition) is 1. The van der Waals surface area contributed by atoms with Gasteiger partial charge in [0.15, 0.2) is 5.13 Å². The minimum atomic E-state index is 0.106. The highest BCUT2D eigenvalue weighted by Gasteiger charge is 2.58. The fourth-order valence-corrected chi connectivity index (χ4v) is 4.70. The molecule has 1 saturated carbocycles. The summed E-state index contributed by atoms with van der Waals surface area (Å²) in [6.07, 6.45) is 3.54. The number of nitrogens with zero attached hydrogens (tertiary/aromatic N) is 4. The van der Waals surface area contributed by atoms with E-state index in [9.17, 15) is 4.79 Å². The van der Waals surface area contributed by atoms with Gasteiger partial charge >= 0.3 is 0 Å². The third-order valence-corrected chi connectivity index (χ3v) is 6.00. The van der Waals surface area contributed by atoms with Crippen molar-refractivity contribution < 1.29 is 4.79 Å². The SMILES string of the molecule is CN1C[C@@H]2C(C(=O)Nc3nc4ccc(-c5cccnc5)nc4s3)[C@@H]2C1. The Kier molecular flexibility index (Phi) is 3.33. The maximum absolute atomic E-state index is 12.5. The van der Waals surface area contributed by atoms with E-state index >= 15 is 0 Å². The van der Waals surface area contributed by atoms with Gasteiger partial charge in [-0.3, -0.25) is 9.78 Å². The number of carbonyl (C=O) groups excluding carboxylic acids is 1. The molecule has 1 unspecified atom stereocenters. The number of amides is 1. The van der Waals surface area contributed by atoms with Crippen LogP contribution in [0.25, 0.3) is 21.6 Å². The molecule has 0 bridgehead atoms. The summed E-state index contributed by atoms with van der Waals surface area (Å²) in [5, 5.41) is 3.63. The number of pyridine rings is 2.